The van der Waals surface area contributed by atoms with Crippen molar-refractivity contribution in [2.45, 2.75) is 25.7 Å². The van der Waals surface area contributed by atoms with E-state index in [1.54, 1.807) is 18.2 Å². The Labute approximate surface area is 167 Å². The molecule has 3 N–H and O–H groups in total. The highest BCUT2D eigenvalue weighted by Gasteiger charge is 2.34. The van der Waals surface area contributed by atoms with Gasteiger partial charge in [0.1, 0.15) is 12.4 Å². The van der Waals surface area contributed by atoms with Crippen LogP contribution < -0.4 is 15.8 Å². The lowest BCUT2D eigenvalue weighted by Gasteiger charge is -2.26. The van der Waals surface area contributed by atoms with Crippen molar-refractivity contribution in [2.75, 3.05) is 30.9 Å². The van der Waals surface area contributed by atoms with Gasteiger partial charge in [0, 0.05) is 22.2 Å². The van der Waals surface area contributed by atoms with Gasteiger partial charge in [-0.3, -0.25) is 4.79 Å². The van der Waals surface area contributed by atoms with Crippen LogP contribution in [0.4, 0.5) is 11.8 Å². The van der Waals surface area contributed by atoms with Crippen LogP contribution in [0.2, 0.25) is 10.0 Å². The number of nitrogens with one attached hydrogen (secondary N) is 1. The van der Waals surface area contributed by atoms with E-state index in [0.29, 0.717) is 59.1 Å². The Kier molecular flexibility index (Phi) is 6.36. The van der Waals surface area contributed by atoms with E-state index >= 15 is 0 Å². The quantitative estimate of drug-likeness (QED) is 0.677. The number of ether oxygens (including phenoxy) is 2. The third-order valence-corrected chi connectivity index (χ3v) is 4.78. The molecule has 1 atom stereocenters. The molecule has 0 fully saturated rings. The summed E-state index contributed by atoms with van der Waals surface area (Å²) in [7, 11) is 0. The van der Waals surface area contributed by atoms with Crippen LogP contribution in [0.1, 0.15) is 30.4 Å². The van der Waals surface area contributed by atoms with Gasteiger partial charge >= 0.3 is 0 Å². The second-order valence-corrected chi connectivity index (χ2v) is 6.87. The SMILES string of the molecule is CCCOCCOc1nc(N)nc2c1CC(c1c(Cl)cccc1Cl)C(=O)N2. The van der Waals surface area contributed by atoms with Gasteiger partial charge in [-0.15, -0.1) is 0 Å². The summed E-state index contributed by atoms with van der Waals surface area (Å²) in [4.78, 5) is 20.9. The fourth-order valence-electron chi connectivity index (χ4n) is 2.91. The van der Waals surface area contributed by atoms with E-state index in [-0.39, 0.29) is 11.9 Å². The molecule has 2 aromatic rings. The Hall–Kier alpha value is -2.09. The molecule has 1 amide bonds. The van der Waals surface area contributed by atoms with Crippen LogP contribution in [0.15, 0.2) is 18.2 Å². The van der Waals surface area contributed by atoms with Crippen LogP contribution in [0, 0.1) is 0 Å². The number of aromatic nitrogens is 2. The van der Waals surface area contributed by atoms with Crippen molar-refractivity contribution in [3.8, 4) is 5.88 Å². The smallest absolute Gasteiger partial charge is 0.233 e. The van der Waals surface area contributed by atoms with Crippen molar-refractivity contribution in [3.05, 3.63) is 39.4 Å². The van der Waals surface area contributed by atoms with Gasteiger partial charge in [-0.1, -0.05) is 36.2 Å². The van der Waals surface area contributed by atoms with E-state index in [1.807, 2.05) is 6.92 Å². The first-order valence-corrected chi connectivity index (χ1v) is 9.38. The number of hydrogen-bond donors (Lipinski definition) is 2. The molecule has 1 aromatic heterocycles. The zero-order chi connectivity index (χ0) is 19.4. The van der Waals surface area contributed by atoms with E-state index in [1.165, 1.54) is 0 Å². The summed E-state index contributed by atoms with van der Waals surface area (Å²) >= 11 is 12.6. The molecule has 0 aliphatic carbocycles. The van der Waals surface area contributed by atoms with Crippen LogP contribution in [0.5, 0.6) is 5.88 Å². The Morgan fingerprint density at radius 3 is 2.67 bits per heavy atom. The van der Waals surface area contributed by atoms with Gasteiger partial charge in [-0.05, 0) is 25.0 Å². The second-order valence-electron chi connectivity index (χ2n) is 6.06. The van der Waals surface area contributed by atoms with Crippen LogP contribution >= 0.6 is 23.2 Å². The maximum atomic E-state index is 12.6. The van der Waals surface area contributed by atoms with E-state index in [9.17, 15) is 4.79 Å². The molecule has 27 heavy (non-hydrogen) atoms. The average Bonchev–Trinajstić information content (AvgIpc) is 2.61. The number of rotatable bonds is 7. The number of anilines is 2. The minimum atomic E-state index is -0.579. The molecule has 0 bridgehead atoms. The molecule has 7 nitrogen and oxygen atoms in total. The summed E-state index contributed by atoms with van der Waals surface area (Å²) in [6.45, 7) is 3.44. The van der Waals surface area contributed by atoms with Crippen molar-refractivity contribution in [1.29, 1.82) is 0 Å². The highest BCUT2D eigenvalue weighted by molar-refractivity contribution is 6.36. The summed E-state index contributed by atoms with van der Waals surface area (Å²) in [5.74, 6) is -0.146. The Morgan fingerprint density at radius 2 is 1.96 bits per heavy atom. The fraction of sp³-hybridized carbons (Fsp3) is 0.389. The molecule has 1 aliphatic rings. The lowest BCUT2D eigenvalue weighted by molar-refractivity contribution is -0.117. The highest BCUT2D eigenvalue weighted by atomic mass is 35.5. The number of carbonyl (C=O) groups is 1. The van der Waals surface area contributed by atoms with Gasteiger partial charge in [0.25, 0.3) is 0 Å². The third-order valence-electron chi connectivity index (χ3n) is 4.12. The maximum Gasteiger partial charge on any atom is 0.233 e. The molecule has 144 valence electrons. The number of fused-ring (bicyclic) bond motifs is 1. The number of nitrogens with two attached hydrogens (primary N) is 1. The monoisotopic (exact) mass is 410 g/mol. The molecule has 2 heterocycles. The number of nitrogen functional groups attached to an aromatic ring is 1. The third kappa shape index (κ3) is 4.43. The van der Waals surface area contributed by atoms with Gasteiger partial charge in [0.2, 0.25) is 17.7 Å². The molecule has 9 heteroatoms. The van der Waals surface area contributed by atoms with E-state index in [2.05, 4.69) is 15.3 Å². The lowest BCUT2D eigenvalue weighted by Crippen LogP contribution is -2.30. The summed E-state index contributed by atoms with van der Waals surface area (Å²) in [6.07, 6.45) is 1.23. The number of benzene rings is 1. The van der Waals surface area contributed by atoms with E-state index in [4.69, 9.17) is 38.4 Å². The van der Waals surface area contributed by atoms with Crippen molar-refractivity contribution in [3.63, 3.8) is 0 Å². The molecule has 0 saturated heterocycles. The average molecular weight is 411 g/mol. The van der Waals surface area contributed by atoms with Gasteiger partial charge in [-0.25, -0.2) is 0 Å². The summed E-state index contributed by atoms with van der Waals surface area (Å²) in [5, 5.41) is 3.61. The molecule has 1 aliphatic heterocycles. The zero-order valence-electron chi connectivity index (χ0n) is 14.8. The highest BCUT2D eigenvalue weighted by Crippen LogP contribution is 2.40. The molecule has 3 rings (SSSR count). The number of amides is 1. The fourth-order valence-corrected chi connectivity index (χ4v) is 3.57. The second kappa shape index (κ2) is 8.73. The van der Waals surface area contributed by atoms with Crippen LogP contribution in [-0.4, -0.2) is 35.7 Å². The normalized spacial score (nSPS) is 16.0. The lowest BCUT2D eigenvalue weighted by atomic mass is 9.89. The van der Waals surface area contributed by atoms with Crippen molar-refractivity contribution in [1.82, 2.24) is 9.97 Å². The molecular weight excluding hydrogens is 391 g/mol. The first-order valence-electron chi connectivity index (χ1n) is 8.63. The zero-order valence-corrected chi connectivity index (χ0v) is 16.3. The largest absolute Gasteiger partial charge is 0.475 e. The van der Waals surface area contributed by atoms with Crippen LogP contribution in [0.25, 0.3) is 0 Å². The van der Waals surface area contributed by atoms with Gasteiger partial charge in [0.05, 0.1) is 18.1 Å². The molecule has 1 aromatic carbocycles. The summed E-state index contributed by atoms with van der Waals surface area (Å²) < 4.78 is 11.2. The van der Waals surface area contributed by atoms with Gasteiger partial charge < -0.3 is 20.5 Å². The maximum absolute atomic E-state index is 12.6. The number of hydrogen-bond acceptors (Lipinski definition) is 6. The summed E-state index contributed by atoms with van der Waals surface area (Å²) in [6, 6.07) is 5.14. The Bertz CT molecular complexity index is 827. The van der Waals surface area contributed by atoms with Crippen molar-refractivity contribution < 1.29 is 14.3 Å². The molecule has 0 saturated carbocycles. The molecular formula is C18H20Cl2N4O3. The topological polar surface area (TPSA) is 99.4 Å². The minimum absolute atomic E-state index is 0.0211. The van der Waals surface area contributed by atoms with Gasteiger partial charge in [0.15, 0.2) is 0 Å². The van der Waals surface area contributed by atoms with Crippen LogP contribution in [0.3, 0.4) is 0 Å². The van der Waals surface area contributed by atoms with Gasteiger partial charge in [-0.2, -0.15) is 9.97 Å². The van der Waals surface area contributed by atoms with Crippen molar-refractivity contribution >= 4 is 40.9 Å². The molecule has 1 unspecified atom stereocenters. The minimum Gasteiger partial charge on any atom is -0.475 e. The molecule has 0 spiro atoms. The molecule has 0 radical (unpaired) electrons. The Balaban J connectivity index is 1.87. The Morgan fingerprint density at radius 1 is 1.22 bits per heavy atom. The summed E-state index contributed by atoms with van der Waals surface area (Å²) in [5.41, 5.74) is 6.97. The predicted molar refractivity (Wildman–Crippen MR) is 105 cm³/mol. The van der Waals surface area contributed by atoms with E-state index < -0.39 is 5.92 Å². The predicted octanol–water partition coefficient (Wildman–Crippen LogP) is 3.45. The number of carbonyl (C=O) groups excluding carboxylic acids is 1. The standard InChI is InChI=1S/C18H20Cl2N4O3/c1-2-6-26-7-8-27-17-11-9-10(14-12(19)4-3-5-13(14)20)16(25)22-15(11)23-18(21)24-17/h3-5,10H,2,6-9H2,1H3,(H3,21,22,23,24,25). The number of nitrogens with zero attached hydrogens (tertiary/aromatic N) is 2. The first-order chi connectivity index (χ1) is 13.0. The van der Waals surface area contributed by atoms with Crippen LogP contribution in [-0.2, 0) is 16.0 Å². The number of halogens is 2. The van der Waals surface area contributed by atoms with E-state index in [0.717, 1.165) is 6.42 Å². The van der Waals surface area contributed by atoms with Crippen molar-refractivity contribution in [2.24, 2.45) is 0 Å². The first kappa shape index (κ1) is 19.7.